The molecule has 1 aromatic carbocycles. The Morgan fingerprint density at radius 3 is 2.85 bits per heavy atom. The maximum atomic E-state index is 4.39. The molecular formula is C20H17N5S. The molecule has 5 rings (SSSR count). The molecule has 26 heavy (non-hydrogen) atoms. The lowest BCUT2D eigenvalue weighted by atomic mass is 10.0. The van der Waals surface area contributed by atoms with Crippen LogP contribution in [0.1, 0.15) is 11.8 Å². The average Bonchev–Trinajstić information content (AvgIpc) is 3.39. The summed E-state index contributed by atoms with van der Waals surface area (Å²) in [5.74, 6) is 0.806. The molecule has 0 bridgehead atoms. The monoisotopic (exact) mass is 359 g/mol. The molecular weight excluding hydrogens is 342 g/mol. The number of aromatic nitrogens is 3. The van der Waals surface area contributed by atoms with E-state index >= 15 is 0 Å². The average molecular weight is 359 g/mol. The predicted octanol–water partition coefficient (Wildman–Crippen LogP) is 4.20. The molecule has 0 saturated heterocycles. The van der Waals surface area contributed by atoms with Crippen molar-refractivity contribution < 1.29 is 0 Å². The number of aromatic amines is 1. The van der Waals surface area contributed by atoms with Crippen LogP contribution in [0.4, 0.5) is 0 Å². The lowest BCUT2D eigenvalue weighted by Crippen LogP contribution is -2.32. The molecule has 2 aromatic heterocycles. The van der Waals surface area contributed by atoms with Gasteiger partial charge in [-0.25, -0.2) is 10.4 Å². The summed E-state index contributed by atoms with van der Waals surface area (Å²) in [6.45, 7) is 2.19. The molecule has 0 saturated carbocycles. The van der Waals surface area contributed by atoms with Gasteiger partial charge in [-0.1, -0.05) is 36.4 Å². The number of nitrogens with one attached hydrogen (secondary N) is 2. The van der Waals surface area contributed by atoms with Gasteiger partial charge in [0.15, 0.2) is 5.82 Å². The highest BCUT2D eigenvalue weighted by Gasteiger charge is 2.29. The highest BCUT2D eigenvalue weighted by Crippen LogP contribution is 2.43. The molecule has 5 nitrogen and oxygen atoms in total. The summed E-state index contributed by atoms with van der Waals surface area (Å²) in [4.78, 5) is 6.74. The van der Waals surface area contributed by atoms with Gasteiger partial charge in [0, 0.05) is 22.2 Å². The summed E-state index contributed by atoms with van der Waals surface area (Å²) < 4.78 is 0. The van der Waals surface area contributed by atoms with Gasteiger partial charge in [-0.3, -0.25) is 10.1 Å². The van der Waals surface area contributed by atoms with Crippen LogP contribution in [0.2, 0.25) is 0 Å². The SMILES string of the molecule is CC1NN2C=CC=CC2=C1c1cc(-c2ccccc2)c(-c2ncn[nH]2)s1. The molecule has 1 atom stereocenters. The quantitative estimate of drug-likeness (QED) is 0.736. The highest BCUT2D eigenvalue weighted by molar-refractivity contribution is 7.17. The molecule has 0 amide bonds. The van der Waals surface area contributed by atoms with Gasteiger partial charge in [0.1, 0.15) is 6.33 Å². The van der Waals surface area contributed by atoms with Gasteiger partial charge < -0.3 is 0 Å². The standard InChI is InChI=1S/C20H17N5S/c1-13-18(16-9-5-6-10-25(16)24-13)17-11-15(14-7-3-2-4-8-14)19(26-17)20-21-12-22-23-20/h2-13,24H,1H3,(H,21,22,23). The summed E-state index contributed by atoms with van der Waals surface area (Å²) in [5, 5.41) is 9.15. The van der Waals surface area contributed by atoms with Gasteiger partial charge in [-0.05, 0) is 30.7 Å². The van der Waals surface area contributed by atoms with Crippen LogP contribution in [0, 0.1) is 0 Å². The normalized spacial score (nSPS) is 18.7. The zero-order chi connectivity index (χ0) is 17.5. The molecule has 6 heteroatoms. The Morgan fingerprint density at radius 2 is 2.04 bits per heavy atom. The first kappa shape index (κ1) is 15.3. The fourth-order valence-electron chi connectivity index (χ4n) is 3.46. The summed E-state index contributed by atoms with van der Waals surface area (Å²) in [7, 11) is 0. The second-order valence-corrected chi connectivity index (χ2v) is 7.33. The first-order chi connectivity index (χ1) is 12.8. The Hall–Kier alpha value is -2.96. The van der Waals surface area contributed by atoms with Crippen LogP contribution < -0.4 is 5.43 Å². The second-order valence-electron chi connectivity index (χ2n) is 6.27. The van der Waals surface area contributed by atoms with Crippen LogP contribution in [-0.2, 0) is 0 Å². The van der Waals surface area contributed by atoms with Gasteiger partial charge >= 0.3 is 0 Å². The molecule has 0 spiro atoms. The molecule has 0 radical (unpaired) electrons. The van der Waals surface area contributed by atoms with E-state index in [2.05, 4.69) is 81.2 Å². The number of H-pyrrole nitrogens is 1. The fourth-order valence-corrected chi connectivity index (χ4v) is 4.73. The third-order valence-electron chi connectivity index (χ3n) is 4.61. The van der Waals surface area contributed by atoms with Crippen molar-refractivity contribution in [1.29, 1.82) is 0 Å². The lowest BCUT2D eigenvalue weighted by molar-refractivity contribution is 0.360. The number of benzene rings is 1. The first-order valence-electron chi connectivity index (χ1n) is 8.51. The number of hydrazine groups is 1. The maximum absolute atomic E-state index is 4.39. The van der Waals surface area contributed by atoms with E-state index in [9.17, 15) is 0 Å². The molecule has 2 N–H and O–H groups in total. The van der Waals surface area contributed by atoms with Gasteiger partial charge in [-0.15, -0.1) is 11.3 Å². The molecule has 0 aliphatic carbocycles. The van der Waals surface area contributed by atoms with E-state index in [0.29, 0.717) is 0 Å². The zero-order valence-corrected chi connectivity index (χ0v) is 15.0. The van der Waals surface area contributed by atoms with Crippen LogP contribution in [-0.4, -0.2) is 26.2 Å². The number of rotatable bonds is 3. The van der Waals surface area contributed by atoms with Crippen molar-refractivity contribution in [2.24, 2.45) is 0 Å². The van der Waals surface area contributed by atoms with E-state index in [-0.39, 0.29) is 6.04 Å². The second kappa shape index (κ2) is 6.09. The van der Waals surface area contributed by atoms with Crippen molar-refractivity contribution in [1.82, 2.24) is 25.6 Å². The van der Waals surface area contributed by atoms with E-state index in [1.807, 2.05) is 12.1 Å². The maximum Gasteiger partial charge on any atom is 0.166 e. The molecule has 3 aromatic rings. The van der Waals surface area contributed by atoms with Crippen molar-refractivity contribution in [3.05, 3.63) is 77.7 Å². The van der Waals surface area contributed by atoms with Crippen molar-refractivity contribution in [2.45, 2.75) is 13.0 Å². The topological polar surface area (TPSA) is 56.8 Å². The van der Waals surface area contributed by atoms with Crippen LogP contribution in [0.25, 0.3) is 27.4 Å². The Bertz CT molecular complexity index is 1030. The minimum atomic E-state index is 0.238. The molecule has 0 fully saturated rings. The first-order valence-corrected chi connectivity index (χ1v) is 9.33. The van der Waals surface area contributed by atoms with E-state index in [0.717, 1.165) is 10.7 Å². The Kier molecular flexibility index (Phi) is 3.58. The van der Waals surface area contributed by atoms with Gasteiger partial charge in [0.25, 0.3) is 0 Å². The Balaban J connectivity index is 1.70. The molecule has 1 unspecified atom stereocenters. The third kappa shape index (κ3) is 2.42. The molecule has 4 heterocycles. The van der Waals surface area contributed by atoms with E-state index in [1.165, 1.54) is 27.3 Å². The number of allylic oxidation sites excluding steroid dienone is 3. The number of hydrogen-bond acceptors (Lipinski definition) is 5. The Morgan fingerprint density at radius 1 is 1.15 bits per heavy atom. The number of nitrogens with zero attached hydrogens (tertiary/aromatic N) is 3. The summed E-state index contributed by atoms with van der Waals surface area (Å²) in [5.41, 5.74) is 8.36. The molecule has 2 aliphatic heterocycles. The van der Waals surface area contributed by atoms with Gasteiger partial charge in [0.05, 0.1) is 16.6 Å². The Labute approximate surface area is 155 Å². The summed E-state index contributed by atoms with van der Waals surface area (Å²) >= 11 is 1.75. The van der Waals surface area contributed by atoms with Crippen molar-refractivity contribution in [2.75, 3.05) is 0 Å². The minimum Gasteiger partial charge on any atom is -0.283 e. The summed E-state index contributed by atoms with van der Waals surface area (Å²) in [6.07, 6.45) is 9.88. The lowest BCUT2D eigenvalue weighted by Gasteiger charge is -2.18. The minimum absolute atomic E-state index is 0.238. The zero-order valence-electron chi connectivity index (χ0n) is 14.2. The summed E-state index contributed by atoms with van der Waals surface area (Å²) in [6, 6.07) is 12.9. The predicted molar refractivity (Wildman–Crippen MR) is 105 cm³/mol. The van der Waals surface area contributed by atoms with E-state index < -0.39 is 0 Å². The number of fused-ring (bicyclic) bond motifs is 1. The van der Waals surface area contributed by atoms with Crippen molar-refractivity contribution >= 4 is 16.9 Å². The smallest absolute Gasteiger partial charge is 0.166 e. The van der Waals surface area contributed by atoms with Crippen molar-refractivity contribution in [3.63, 3.8) is 0 Å². The molecule has 128 valence electrons. The third-order valence-corrected chi connectivity index (χ3v) is 5.79. The highest BCUT2D eigenvalue weighted by atomic mass is 32.1. The molecule has 2 aliphatic rings. The number of thiophene rings is 1. The van der Waals surface area contributed by atoms with Crippen LogP contribution in [0.15, 0.2) is 72.9 Å². The van der Waals surface area contributed by atoms with Crippen LogP contribution >= 0.6 is 11.3 Å². The van der Waals surface area contributed by atoms with Gasteiger partial charge in [0.2, 0.25) is 0 Å². The number of hydrogen-bond donors (Lipinski definition) is 2. The van der Waals surface area contributed by atoms with E-state index in [4.69, 9.17) is 0 Å². The van der Waals surface area contributed by atoms with Gasteiger partial charge in [-0.2, -0.15) is 5.10 Å². The fraction of sp³-hybridized carbons (Fsp3) is 0.100. The van der Waals surface area contributed by atoms with Crippen molar-refractivity contribution in [3.8, 4) is 21.8 Å². The van der Waals surface area contributed by atoms with Crippen LogP contribution in [0.5, 0.6) is 0 Å². The van der Waals surface area contributed by atoms with E-state index in [1.54, 1.807) is 17.7 Å². The van der Waals surface area contributed by atoms with Crippen LogP contribution in [0.3, 0.4) is 0 Å². The largest absolute Gasteiger partial charge is 0.283 e.